The minimum atomic E-state index is -1.10. The van der Waals surface area contributed by atoms with Crippen molar-refractivity contribution in [1.82, 2.24) is 20.1 Å². The Hall–Kier alpha value is -2.03. The number of nitrogens with one attached hydrogen (secondary N) is 1. The number of aryl methyl sites for hydroxylation is 1. The lowest BCUT2D eigenvalue weighted by atomic mass is 9.99. The summed E-state index contributed by atoms with van der Waals surface area (Å²) in [5.74, 6) is -0.299. The summed E-state index contributed by atoms with van der Waals surface area (Å²) in [5.41, 5.74) is 0.909. The molecule has 1 atom stereocenters. The van der Waals surface area contributed by atoms with Crippen molar-refractivity contribution in [2.45, 2.75) is 12.5 Å². The van der Waals surface area contributed by atoms with Gasteiger partial charge in [0.2, 0.25) is 0 Å². The second-order valence-electron chi connectivity index (χ2n) is 5.41. The van der Waals surface area contributed by atoms with Gasteiger partial charge in [-0.05, 0) is 29.3 Å². The molecule has 3 heterocycles. The first kappa shape index (κ1) is 15.9. The van der Waals surface area contributed by atoms with Gasteiger partial charge in [0.1, 0.15) is 16.3 Å². The fraction of sp³-hybridized carbons (Fsp3) is 0.267. The molecule has 3 aromatic heterocycles. The average molecular weight is 348 g/mol. The van der Waals surface area contributed by atoms with Crippen LogP contribution in [-0.2, 0) is 12.6 Å². The standard InChI is InChI=1S/C15H16N4O2S2/c1-15(21,11-3-4-22-7-11)9-16-13(20)12-8-23-14(18-12)10-5-17-19(2)6-10/h3-8,21H,9H2,1-2H3,(H,16,20). The Labute approximate surface area is 141 Å². The lowest BCUT2D eigenvalue weighted by molar-refractivity contribution is 0.0529. The van der Waals surface area contributed by atoms with Crippen LogP contribution in [0.1, 0.15) is 23.0 Å². The van der Waals surface area contributed by atoms with Crippen LogP contribution in [0.3, 0.4) is 0 Å². The van der Waals surface area contributed by atoms with Crippen LogP contribution in [0.2, 0.25) is 0 Å². The highest BCUT2D eigenvalue weighted by molar-refractivity contribution is 7.13. The van der Waals surface area contributed by atoms with Crippen LogP contribution < -0.4 is 5.32 Å². The predicted octanol–water partition coefficient (Wildman–Crippen LogP) is 2.24. The van der Waals surface area contributed by atoms with Crippen LogP contribution in [0, 0.1) is 0 Å². The third-order valence-corrected chi connectivity index (χ3v) is 5.00. The second kappa shape index (κ2) is 6.23. The van der Waals surface area contributed by atoms with Crippen molar-refractivity contribution in [3.05, 3.63) is 45.9 Å². The molecule has 120 valence electrons. The molecule has 0 aliphatic rings. The molecular formula is C15H16N4O2S2. The van der Waals surface area contributed by atoms with Crippen molar-refractivity contribution in [1.29, 1.82) is 0 Å². The van der Waals surface area contributed by atoms with E-state index in [0.717, 1.165) is 16.1 Å². The molecule has 0 aliphatic heterocycles. The average Bonchev–Trinajstić information content (AvgIpc) is 3.24. The maximum Gasteiger partial charge on any atom is 0.270 e. The number of hydrogen-bond acceptors (Lipinski definition) is 6. The molecule has 0 aliphatic carbocycles. The monoisotopic (exact) mass is 348 g/mol. The first-order valence-corrected chi connectivity index (χ1v) is 8.76. The van der Waals surface area contributed by atoms with Gasteiger partial charge in [-0.3, -0.25) is 9.48 Å². The zero-order valence-corrected chi connectivity index (χ0v) is 14.3. The summed E-state index contributed by atoms with van der Waals surface area (Å²) in [4.78, 5) is 16.5. The molecule has 3 aromatic rings. The molecule has 0 aromatic carbocycles. The summed E-state index contributed by atoms with van der Waals surface area (Å²) < 4.78 is 1.69. The summed E-state index contributed by atoms with van der Waals surface area (Å²) in [6.45, 7) is 1.81. The number of aliphatic hydroxyl groups is 1. The Morgan fingerprint density at radius 2 is 2.30 bits per heavy atom. The van der Waals surface area contributed by atoms with Crippen molar-refractivity contribution in [3.63, 3.8) is 0 Å². The van der Waals surface area contributed by atoms with E-state index in [4.69, 9.17) is 0 Å². The Morgan fingerprint density at radius 1 is 1.48 bits per heavy atom. The zero-order chi connectivity index (χ0) is 16.4. The first-order valence-electron chi connectivity index (χ1n) is 6.93. The SMILES string of the molecule is Cn1cc(-c2nc(C(=O)NCC(C)(O)c3ccsc3)cs2)cn1. The van der Waals surface area contributed by atoms with Crippen molar-refractivity contribution in [2.75, 3.05) is 6.54 Å². The smallest absolute Gasteiger partial charge is 0.270 e. The molecule has 1 unspecified atom stereocenters. The van der Waals surface area contributed by atoms with Gasteiger partial charge >= 0.3 is 0 Å². The highest BCUT2D eigenvalue weighted by Gasteiger charge is 2.25. The van der Waals surface area contributed by atoms with Crippen LogP contribution in [0.15, 0.2) is 34.6 Å². The van der Waals surface area contributed by atoms with E-state index in [0.29, 0.717) is 5.69 Å². The summed E-state index contributed by atoms with van der Waals surface area (Å²) in [6, 6.07) is 1.85. The molecule has 0 saturated heterocycles. The molecule has 2 N–H and O–H groups in total. The number of amides is 1. The van der Waals surface area contributed by atoms with Crippen molar-refractivity contribution in [3.8, 4) is 10.6 Å². The van der Waals surface area contributed by atoms with Gasteiger partial charge in [-0.15, -0.1) is 11.3 Å². The molecule has 0 saturated carbocycles. The molecule has 0 bridgehead atoms. The fourth-order valence-electron chi connectivity index (χ4n) is 2.06. The van der Waals surface area contributed by atoms with E-state index in [1.54, 1.807) is 23.2 Å². The van der Waals surface area contributed by atoms with Crippen molar-refractivity contribution in [2.24, 2.45) is 7.05 Å². The first-order chi connectivity index (χ1) is 11.0. The number of thiophene rings is 1. The van der Waals surface area contributed by atoms with Crippen LogP contribution in [0.25, 0.3) is 10.6 Å². The lowest BCUT2D eigenvalue weighted by Gasteiger charge is -2.22. The number of hydrogen-bond donors (Lipinski definition) is 2. The number of carbonyl (C=O) groups is 1. The normalized spacial score (nSPS) is 13.7. The molecule has 0 fully saturated rings. The van der Waals surface area contributed by atoms with Crippen molar-refractivity contribution < 1.29 is 9.90 Å². The number of thiazole rings is 1. The largest absolute Gasteiger partial charge is 0.384 e. The summed E-state index contributed by atoms with van der Waals surface area (Å²) in [5, 5.41) is 23.5. The van der Waals surface area contributed by atoms with Crippen LogP contribution >= 0.6 is 22.7 Å². The Kier molecular flexibility index (Phi) is 4.29. The molecular weight excluding hydrogens is 332 g/mol. The molecule has 8 heteroatoms. The number of carbonyl (C=O) groups excluding carboxylic acids is 1. The second-order valence-corrected chi connectivity index (χ2v) is 7.05. The van der Waals surface area contributed by atoms with Crippen molar-refractivity contribution >= 4 is 28.6 Å². The summed E-state index contributed by atoms with van der Waals surface area (Å²) in [6.07, 6.45) is 3.56. The minimum Gasteiger partial charge on any atom is -0.384 e. The summed E-state index contributed by atoms with van der Waals surface area (Å²) >= 11 is 2.90. The third-order valence-electron chi connectivity index (χ3n) is 3.42. The van der Waals surface area contributed by atoms with E-state index < -0.39 is 5.60 Å². The van der Waals surface area contributed by atoms with Crippen LogP contribution in [0.5, 0.6) is 0 Å². The maximum absolute atomic E-state index is 12.2. The molecule has 6 nitrogen and oxygen atoms in total. The Morgan fingerprint density at radius 3 is 2.96 bits per heavy atom. The molecule has 23 heavy (non-hydrogen) atoms. The van der Waals surface area contributed by atoms with E-state index in [2.05, 4.69) is 15.4 Å². The quantitative estimate of drug-likeness (QED) is 0.741. The Balaban J connectivity index is 1.66. The predicted molar refractivity (Wildman–Crippen MR) is 90.5 cm³/mol. The van der Waals surface area contributed by atoms with Gasteiger partial charge in [-0.2, -0.15) is 16.4 Å². The van der Waals surface area contributed by atoms with E-state index in [-0.39, 0.29) is 12.5 Å². The maximum atomic E-state index is 12.2. The number of aromatic nitrogens is 3. The van der Waals surface area contributed by atoms with Gasteiger partial charge in [0.25, 0.3) is 5.91 Å². The fourth-order valence-corrected chi connectivity index (χ4v) is 3.62. The van der Waals surface area contributed by atoms with Crippen LogP contribution in [-0.4, -0.2) is 32.3 Å². The Bertz CT molecular complexity index is 805. The summed E-state index contributed by atoms with van der Waals surface area (Å²) in [7, 11) is 1.83. The molecule has 3 rings (SSSR count). The number of rotatable bonds is 5. The van der Waals surface area contributed by atoms with Gasteiger partial charge in [-0.1, -0.05) is 0 Å². The number of nitrogens with zero attached hydrogens (tertiary/aromatic N) is 3. The van der Waals surface area contributed by atoms with E-state index in [1.165, 1.54) is 22.7 Å². The molecule has 0 radical (unpaired) electrons. The molecule has 0 spiro atoms. The zero-order valence-electron chi connectivity index (χ0n) is 12.7. The van der Waals surface area contributed by atoms with Gasteiger partial charge in [0, 0.05) is 24.2 Å². The van der Waals surface area contributed by atoms with E-state index >= 15 is 0 Å². The van der Waals surface area contributed by atoms with Gasteiger partial charge in [0.05, 0.1) is 12.7 Å². The highest BCUT2D eigenvalue weighted by Crippen LogP contribution is 2.24. The van der Waals surface area contributed by atoms with Crippen LogP contribution in [0.4, 0.5) is 0 Å². The third kappa shape index (κ3) is 3.49. The minimum absolute atomic E-state index is 0.127. The van der Waals surface area contributed by atoms with Gasteiger partial charge < -0.3 is 10.4 Å². The van der Waals surface area contributed by atoms with E-state index in [9.17, 15) is 9.90 Å². The van der Waals surface area contributed by atoms with Gasteiger partial charge in [0.15, 0.2) is 0 Å². The highest BCUT2D eigenvalue weighted by atomic mass is 32.1. The topological polar surface area (TPSA) is 80.0 Å². The van der Waals surface area contributed by atoms with E-state index in [1.807, 2.05) is 30.1 Å². The molecule has 1 amide bonds. The van der Waals surface area contributed by atoms with Gasteiger partial charge in [-0.25, -0.2) is 4.98 Å². The lowest BCUT2D eigenvalue weighted by Crippen LogP contribution is -2.38.